The summed E-state index contributed by atoms with van der Waals surface area (Å²) in [4.78, 5) is 17.2. The number of anilines is 2. The number of thioether (sulfide) groups is 1. The molecule has 3 heterocycles. The molecule has 0 aliphatic carbocycles. The van der Waals surface area contributed by atoms with Gasteiger partial charge in [-0.2, -0.15) is 0 Å². The summed E-state index contributed by atoms with van der Waals surface area (Å²) < 4.78 is 2.39. The van der Waals surface area contributed by atoms with Crippen LogP contribution in [0.4, 0.5) is 10.8 Å². The summed E-state index contributed by atoms with van der Waals surface area (Å²) in [5.74, 6) is 0.585. The summed E-state index contributed by atoms with van der Waals surface area (Å²) in [6.07, 6.45) is 1.74. The Morgan fingerprint density at radius 1 is 1.19 bits per heavy atom. The fraction of sp³-hybridized carbons (Fsp3) is 0.176. The second-order valence-corrected chi connectivity index (χ2v) is 8.80. The molecule has 132 valence electrons. The van der Waals surface area contributed by atoms with Crippen LogP contribution in [0.1, 0.15) is 16.8 Å². The highest BCUT2D eigenvalue weighted by molar-refractivity contribution is 8.00. The van der Waals surface area contributed by atoms with Gasteiger partial charge in [-0.05, 0) is 37.1 Å². The predicted molar refractivity (Wildman–Crippen MR) is 108 cm³/mol. The number of hydrogen-bond acceptors (Lipinski definition) is 8. The Hall–Kier alpha value is -2.23. The van der Waals surface area contributed by atoms with E-state index in [0.29, 0.717) is 10.7 Å². The molecule has 0 spiro atoms. The molecular weight excluding hydrogens is 386 g/mol. The lowest BCUT2D eigenvalue weighted by atomic mass is 10.1. The van der Waals surface area contributed by atoms with Crippen molar-refractivity contribution in [1.29, 1.82) is 0 Å². The van der Waals surface area contributed by atoms with Gasteiger partial charge < -0.3 is 5.32 Å². The number of nitrogens with one attached hydrogen (secondary N) is 1. The minimum absolute atomic E-state index is 0.0544. The minimum atomic E-state index is -0.0544. The zero-order valence-electron chi connectivity index (χ0n) is 14.1. The zero-order valence-corrected chi connectivity index (χ0v) is 16.5. The fourth-order valence-corrected chi connectivity index (χ4v) is 4.76. The first-order valence-corrected chi connectivity index (χ1v) is 10.5. The van der Waals surface area contributed by atoms with Crippen LogP contribution in [0.15, 0.2) is 45.0 Å². The molecule has 0 saturated carbocycles. The van der Waals surface area contributed by atoms with Gasteiger partial charge in [0.2, 0.25) is 5.13 Å². The highest BCUT2D eigenvalue weighted by Gasteiger charge is 2.08. The van der Waals surface area contributed by atoms with E-state index in [1.165, 1.54) is 45.6 Å². The van der Waals surface area contributed by atoms with Crippen LogP contribution >= 0.6 is 34.4 Å². The number of thiazole rings is 1. The number of fused-ring (bicyclic) bond motifs is 1. The molecule has 1 aromatic carbocycles. The summed E-state index contributed by atoms with van der Waals surface area (Å²) in [6, 6.07) is 7.78. The van der Waals surface area contributed by atoms with E-state index in [4.69, 9.17) is 0 Å². The number of aromatic nitrogens is 4. The largest absolute Gasteiger partial charge is 0.330 e. The normalized spacial score (nSPS) is 11.2. The van der Waals surface area contributed by atoms with Crippen LogP contribution in [0, 0.1) is 13.8 Å². The highest BCUT2D eigenvalue weighted by atomic mass is 32.2. The minimum Gasteiger partial charge on any atom is -0.330 e. The predicted octanol–water partition coefficient (Wildman–Crippen LogP) is 4.26. The third-order valence-corrected chi connectivity index (χ3v) is 6.63. The second-order valence-electron chi connectivity index (χ2n) is 5.73. The standard InChI is InChI=1S/C17H15N5OS3/c1-10-3-4-12(7-11(10)2)18-15-20-21-17(26-15)25-9-13-8-14(23)22-5-6-24-16(22)19-13/h3-8H,9H2,1-2H3,(H,18,20). The maximum Gasteiger partial charge on any atom is 0.258 e. The first-order chi connectivity index (χ1) is 12.6. The van der Waals surface area contributed by atoms with Gasteiger partial charge in [-0.15, -0.1) is 21.5 Å². The van der Waals surface area contributed by atoms with Crippen molar-refractivity contribution >= 4 is 50.2 Å². The Balaban J connectivity index is 1.44. The molecule has 0 fully saturated rings. The van der Waals surface area contributed by atoms with Crippen LogP contribution < -0.4 is 10.9 Å². The van der Waals surface area contributed by atoms with Gasteiger partial charge in [-0.3, -0.25) is 9.20 Å². The number of benzene rings is 1. The maximum atomic E-state index is 12.0. The molecule has 4 rings (SSSR count). The first-order valence-electron chi connectivity index (χ1n) is 7.85. The van der Waals surface area contributed by atoms with Crippen molar-refractivity contribution in [2.75, 3.05) is 5.32 Å². The molecule has 0 saturated heterocycles. The van der Waals surface area contributed by atoms with Crippen molar-refractivity contribution in [2.45, 2.75) is 23.9 Å². The molecule has 0 atom stereocenters. The highest BCUT2D eigenvalue weighted by Crippen LogP contribution is 2.30. The molecule has 3 aromatic heterocycles. The Morgan fingerprint density at radius 2 is 2.08 bits per heavy atom. The molecule has 1 N–H and O–H groups in total. The lowest BCUT2D eigenvalue weighted by molar-refractivity contribution is 1.01. The fourth-order valence-electron chi connectivity index (χ4n) is 2.36. The van der Waals surface area contributed by atoms with E-state index in [0.717, 1.165) is 20.9 Å². The summed E-state index contributed by atoms with van der Waals surface area (Å²) >= 11 is 4.47. The average Bonchev–Trinajstić information content (AvgIpc) is 3.26. The monoisotopic (exact) mass is 401 g/mol. The molecular formula is C17H15N5OS3. The maximum absolute atomic E-state index is 12.0. The van der Waals surface area contributed by atoms with Gasteiger partial charge in [0.1, 0.15) is 0 Å². The van der Waals surface area contributed by atoms with Crippen LogP contribution in [-0.2, 0) is 5.75 Å². The van der Waals surface area contributed by atoms with E-state index in [9.17, 15) is 4.79 Å². The van der Waals surface area contributed by atoms with Crippen molar-refractivity contribution in [3.8, 4) is 0 Å². The quantitative estimate of drug-likeness (QED) is 0.504. The van der Waals surface area contributed by atoms with Crippen molar-refractivity contribution < 1.29 is 0 Å². The molecule has 0 bridgehead atoms. The Morgan fingerprint density at radius 3 is 2.92 bits per heavy atom. The van der Waals surface area contributed by atoms with Gasteiger partial charge in [0, 0.05) is 29.1 Å². The van der Waals surface area contributed by atoms with Crippen molar-refractivity contribution in [3.63, 3.8) is 0 Å². The van der Waals surface area contributed by atoms with Gasteiger partial charge in [0.05, 0.1) is 5.69 Å². The Kier molecular flexibility index (Phi) is 4.75. The summed E-state index contributed by atoms with van der Waals surface area (Å²) in [7, 11) is 0. The molecule has 6 nitrogen and oxygen atoms in total. The van der Waals surface area contributed by atoms with E-state index in [1.54, 1.807) is 16.7 Å². The smallest absolute Gasteiger partial charge is 0.258 e. The van der Waals surface area contributed by atoms with Crippen LogP contribution in [-0.4, -0.2) is 19.6 Å². The topological polar surface area (TPSA) is 72.2 Å². The molecule has 0 aliphatic rings. The summed E-state index contributed by atoms with van der Waals surface area (Å²) in [5, 5.41) is 14.3. The molecule has 4 aromatic rings. The van der Waals surface area contributed by atoms with Crippen molar-refractivity contribution in [1.82, 2.24) is 19.6 Å². The van der Waals surface area contributed by atoms with Gasteiger partial charge in [0.25, 0.3) is 5.56 Å². The third kappa shape index (κ3) is 3.64. The molecule has 0 aliphatic heterocycles. The number of hydrogen-bond donors (Lipinski definition) is 1. The van der Waals surface area contributed by atoms with E-state index in [1.807, 2.05) is 11.4 Å². The van der Waals surface area contributed by atoms with E-state index in [-0.39, 0.29) is 5.56 Å². The van der Waals surface area contributed by atoms with Crippen LogP contribution in [0.3, 0.4) is 0 Å². The molecule has 0 unspecified atom stereocenters. The second kappa shape index (κ2) is 7.18. The van der Waals surface area contributed by atoms with Gasteiger partial charge in [0.15, 0.2) is 9.30 Å². The lowest BCUT2D eigenvalue weighted by Gasteiger charge is -2.05. The van der Waals surface area contributed by atoms with E-state index in [2.05, 4.69) is 46.5 Å². The van der Waals surface area contributed by atoms with Crippen molar-refractivity contribution in [3.05, 3.63) is 63.0 Å². The SMILES string of the molecule is Cc1ccc(Nc2nnc(SCc3cc(=O)n4ccsc4n3)s2)cc1C. The van der Waals surface area contributed by atoms with E-state index >= 15 is 0 Å². The third-order valence-electron chi connectivity index (χ3n) is 3.86. The Labute approximate surface area is 162 Å². The average molecular weight is 402 g/mol. The molecule has 9 heteroatoms. The first kappa shape index (κ1) is 17.2. The van der Waals surface area contributed by atoms with Gasteiger partial charge in [-0.25, -0.2) is 4.98 Å². The number of rotatable bonds is 5. The Bertz CT molecular complexity index is 1130. The summed E-state index contributed by atoms with van der Waals surface area (Å²) in [5.41, 5.74) is 4.19. The van der Waals surface area contributed by atoms with Gasteiger partial charge in [-0.1, -0.05) is 29.2 Å². The number of nitrogens with zero attached hydrogens (tertiary/aromatic N) is 4. The van der Waals surface area contributed by atoms with Crippen molar-refractivity contribution in [2.24, 2.45) is 0 Å². The molecule has 26 heavy (non-hydrogen) atoms. The lowest BCUT2D eigenvalue weighted by Crippen LogP contribution is -2.12. The molecule has 0 amide bonds. The van der Waals surface area contributed by atoms with E-state index < -0.39 is 0 Å². The summed E-state index contributed by atoms with van der Waals surface area (Å²) in [6.45, 7) is 4.17. The van der Waals surface area contributed by atoms with Crippen LogP contribution in [0.5, 0.6) is 0 Å². The van der Waals surface area contributed by atoms with Gasteiger partial charge >= 0.3 is 0 Å². The molecule has 0 radical (unpaired) electrons. The number of aryl methyl sites for hydroxylation is 2. The van der Waals surface area contributed by atoms with Crippen LogP contribution in [0.25, 0.3) is 4.96 Å². The van der Waals surface area contributed by atoms with Crippen LogP contribution in [0.2, 0.25) is 0 Å². The zero-order chi connectivity index (χ0) is 18.1.